The lowest BCUT2D eigenvalue weighted by Gasteiger charge is -2.17. The van der Waals surface area contributed by atoms with Gasteiger partial charge in [0.05, 0.1) is 4.90 Å². The molecule has 2 atom stereocenters. The summed E-state index contributed by atoms with van der Waals surface area (Å²) in [6.45, 7) is 5.53. The minimum atomic E-state index is -3.64. The van der Waals surface area contributed by atoms with Crippen molar-refractivity contribution in [2.24, 2.45) is 0 Å². The zero-order chi connectivity index (χ0) is 15.8. The topological polar surface area (TPSA) is 46.7 Å². The van der Waals surface area contributed by atoms with Crippen LogP contribution in [0.3, 0.4) is 0 Å². The van der Waals surface area contributed by atoms with Crippen LogP contribution in [-0.4, -0.2) is 13.4 Å². The molecule has 0 radical (unpaired) electrons. The quantitative estimate of drug-likeness (QED) is 0.625. The van der Waals surface area contributed by atoms with E-state index in [0.717, 1.165) is 5.56 Å². The molecule has 22 heavy (non-hydrogen) atoms. The summed E-state index contributed by atoms with van der Waals surface area (Å²) in [5.41, 5.74) is -0.00623. The Kier molecular flexibility index (Phi) is 3.46. The standard InChI is InChI=1S/C18H18O3S/c1-3-14-18(22(19,20)16-12-8-5-9-13-16)17(2,21-18)15-10-6-4-7-11-15/h3-13H,1,14H2,2H3. The highest BCUT2D eigenvalue weighted by atomic mass is 32.2. The molecule has 3 nitrogen and oxygen atoms in total. The van der Waals surface area contributed by atoms with Crippen molar-refractivity contribution < 1.29 is 13.2 Å². The predicted molar refractivity (Wildman–Crippen MR) is 86.1 cm³/mol. The summed E-state index contributed by atoms with van der Waals surface area (Å²) < 4.78 is 32.1. The Hall–Kier alpha value is -1.91. The van der Waals surface area contributed by atoms with E-state index in [1.54, 1.807) is 36.4 Å². The lowest BCUT2D eigenvalue weighted by molar-refractivity contribution is 0.300. The molecule has 1 heterocycles. The summed E-state index contributed by atoms with van der Waals surface area (Å²) in [5, 5.41) is 0. The molecule has 3 rings (SSSR count). The molecule has 1 saturated heterocycles. The van der Waals surface area contributed by atoms with E-state index in [2.05, 4.69) is 6.58 Å². The molecule has 1 aliphatic rings. The third-order valence-corrected chi connectivity index (χ3v) is 6.68. The van der Waals surface area contributed by atoms with Gasteiger partial charge >= 0.3 is 0 Å². The molecule has 0 N–H and O–H groups in total. The molecule has 0 aromatic heterocycles. The number of rotatable bonds is 5. The zero-order valence-electron chi connectivity index (χ0n) is 12.4. The fourth-order valence-electron chi connectivity index (χ4n) is 2.98. The van der Waals surface area contributed by atoms with Crippen molar-refractivity contribution in [2.75, 3.05) is 0 Å². The minimum absolute atomic E-state index is 0.246. The van der Waals surface area contributed by atoms with E-state index in [0.29, 0.717) is 0 Å². The first-order chi connectivity index (χ1) is 10.5. The van der Waals surface area contributed by atoms with Crippen LogP contribution in [0, 0.1) is 0 Å². The van der Waals surface area contributed by atoms with Crippen molar-refractivity contribution in [3.05, 3.63) is 78.9 Å². The van der Waals surface area contributed by atoms with Crippen molar-refractivity contribution in [2.45, 2.75) is 28.8 Å². The van der Waals surface area contributed by atoms with Gasteiger partial charge in [0.1, 0.15) is 5.60 Å². The maximum Gasteiger partial charge on any atom is 0.211 e. The second kappa shape index (κ2) is 5.07. The van der Waals surface area contributed by atoms with Crippen molar-refractivity contribution in [3.8, 4) is 0 Å². The molecule has 0 aliphatic carbocycles. The van der Waals surface area contributed by atoms with Gasteiger partial charge in [-0.15, -0.1) is 6.58 Å². The van der Waals surface area contributed by atoms with Gasteiger partial charge in [-0.1, -0.05) is 54.6 Å². The van der Waals surface area contributed by atoms with Crippen LogP contribution < -0.4 is 0 Å². The molecule has 2 aromatic carbocycles. The van der Waals surface area contributed by atoms with Crippen LogP contribution in [0.2, 0.25) is 0 Å². The molecule has 0 saturated carbocycles. The third-order valence-electron chi connectivity index (χ3n) is 4.28. The number of benzene rings is 2. The normalized spacial score (nSPS) is 27.3. The van der Waals surface area contributed by atoms with Crippen LogP contribution in [0.15, 0.2) is 78.2 Å². The predicted octanol–water partition coefficient (Wildman–Crippen LogP) is 3.68. The van der Waals surface area contributed by atoms with Gasteiger partial charge in [-0.25, -0.2) is 8.42 Å². The zero-order valence-corrected chi connectivity index (χ0v) is 13.2. The highest BCUT2D eigenvalue weighted by Gasteiger charge is 2.75. The molecule has 0 bridgehead atoms. The van der Waals surface area contributed by atoms with Gasteiger partial charge < -0.3 is 4.74 Å². The lowest BCUT2D eigenvalue weighted by atomic mass is 9.95. The van der Waals surface area contributed by atoms with E-state index in [1.807, 2.05) is 37.3 Å². The van der Waals surface area contributed by atoms with Gasteiger partial charge in [-0.3, -0.25) is 0 Å². The summed E-state index contributed by atoms with van der Waals surface area (Å²) in [6, 6.07) is 17.9. The Morgan fingerprint density at radius 2 is 1.59 bits per heavy atom. The molecule has 0 amide bonds. The molecule has 2 aromatic rings. The SMILES string of the molecule is C=CCC1(S(=O)(=O)c2ccccc2)OC1(C)c1ccccc1. The fourth-order valence-corrected chi connectivity index (χ4v) is 5.12. The first kappa shape index (κ1) is 15.0. The minimum Gasteiger partial charge on any atom is -0.340 e. The maximum atomic E-state index is 13.1. The van der Waals surface area contributed by atoms with E-state index >= 15 is 0 Å². The van der Waals surface area contributed by atoms with Gasteiger partial charge in [0.15, 0.2) is 0 Å². The second-order valence-electron chi connectivity index (χ2n) is 5.56. The van der Waals surface area contributed by atoms with Gasteiger partial charge in [-0.05, 0) is 24.6 Å². The first-order valence-corrected chi connectivity index (χ1v) is 8.62. The van der Waals surface area contributed by atoms with Crippen molar-refractivity contribution >= 4 is 9.84 Å². The molecule has 2 unspecified atom stereocenters. The Labute approximate surface area is 131 Å². The summed E-state index contributed by atoms with van der Waals surface area (Å²) in [7, 11) is -3.64. The molecule has 1 fully saturated rings. The highest BCUT2D eigenvalue weighted by Crippen LogP contribution is 2.62. The summed E-state index contributed by atoms with van der Waals surface area (Å²) in [6.07, 6.45) is 1.85. The van der Waals surface area contributed by atoms with Gasteiger partial charge in [0.25, 0.3) is 0 Å². The first-order valence-electron chi connectivity index (χ1n) is 7.14. The average molecular weight is 314 g/mol. The molecule has 1 aliphatic heterocycles. The Bertz CT molecular complexity index is 784. The van der Waals surface area contributed by atoms with E-state index in [9.17, 15) is 8.42 Å². The fraction of sp³-hybridized carbons (Fsp3) is 0.222. The van der Waals surface area contributed by atoms with Crippen molar-refractivity contribution in [1.29, 1.82) is 0 Å². The molecule has 0 spiro atoms. The van der Waals surface area contributed by atoms with Crippen LogP contribution in [0.25, 0.3) is 0 Å². The van der Waals surface area contributed by atoms with Gasteiger partial charge in [-0.2, -0.15) is 0 Å². The van der Waals surface area contributed by atoms with Gasteiger partial charge in [0.2, 0.25) is 14.8 Å². The highest BCUT2D eigenvalue weighted by molar-refractivity contribution is 7.93. The second-order valence-corrected chi connectivity index (χ2v) is 7.70. The molecular weight excluding hydrogens is 296 g/mol. The Morgan fingerprint density at radius 3 is 2.14 bits per heavy atom. The van der Waals surface area contributed by atoms with Crippen molar-refractivity contribution in [1.82, 2.24) is 0 Å². The number of ether oxygens (including phenoxy) is 1. The summed E-state index contributed by atoms with van der Waals surface area (Å²) in [4.78, 5) is -1.01. The van der Waals surface area contributed by atoms with Crippen LogP contribution in [0.4, 0.5) is 0 Å². The van der Waals surface area contributed by atoms with Crippen LogP contribution in [-0.2, 0) is 20.2 Å². The number of hydrogen-bond acceptors (Lipinski definition) is 3. The van der Waals surface area contributed by atoms with Gasteiger partial charge in [0, 0.05) is 6.42 Å². The van der Waals surface area contributed by atoms with E-state index in [-0.39, 0.29) is 11.3 Å². The van der Waals surface area contributed by atoms with Crippen molar-refractivity contribution in [3.63, 3.8) is 0 Å². The van der Waals surface area contributed by atoms with E-state index in [4.69, 9.17) is 4.74 Å². The Balaban J connectivity index is 2.12. The molecule has 4 heteroatoms. The van der Waals surface area contributed by atoms with Crippen LogP contribution in [0.1, 0.15) is 18.9 Å². The smallest absolute Gasteiger partial charge is 0.211 e. The number of sulfone groups is 1. The lowest BCUT2D eigenvalue weighted by Crippen LogP contribution is -2.31. The molecular formula is C18H18O3S. The molecule has 114 valence electrons. The van der Waals surface area contributed by atoms with E-state index < -0.39 is 20.4 Å². The monoisotopic (exact) mass is 314 g/mol. The average Bonchev–Trinajstić information content (AvgIpc) is 3.17. The summed E-state index contributed by atoms with van der Waals surface area (Å²) >= 11 is 0. The Morgan fingerprint density at radius 1 is 1.05 bits per heavy atom. The number of hydrogen-bond donors (Lipinski definition) is 0. The maximum absolute atomic E-state index is 13.1. The van der Waals surface area contributed by atoms with E-state index in [1.165, 1.54) is 0 Å². The van der Waals surface area contributed by atoms with Crippen LogP contribution >= 0.6 is 0 Å². The summed E-state index contributed by atoms with van der Waals surface area (Å²) in [5.74, 6) is 0. The largest absolute Gasteiger partial charge is 0.340 e. The number of epoxide rings is 1. The third kappa shape index (κ3) is 1.95. The van der Waals surface area contributed by atoms with Crippen LogP contribution in [0.5, 0.6) is 0 Å².